The number of amides is 1. The molecule has 1 aliphatic rings. The highest BCUT2D eigenvalue weighted by molar-refractivity contribution is 5.81. The summed E-state index contributed by atoms with van der Waals surface area (Å²) in [4.78, 5) is 12.2. The van der Waals surface area contributed by atoms with Crippen LogP contribution >= 0.6 is 0 Å². The normalized spacial score (nSPS) is 16.2. The van der Waals surface area contributed by atoms with Crippen LogP contribution in [-0.4, -0.2) is 19.1 Å². The van der Waals surface area contributed by atoms with Gasteiger partial charge in [0.15, 0.2) is 0 Å². The highest BCUT2D eigenvalue weighted by Gasteiger charge is 2.22. The Morgan fingerprint density at radius 1 is 1.30 bits per heavy atom. The van der Waals surface area contributed by atoms with E-state index < -0.39 is 0 Å². The summed E-state index contributed by atoms with van der Waals surface area (Å²) in [6.07, 6.45) is 0.748. The number of hydrogen-bond donors (Lipinski definition) is 2. The van der Waals surface area contributed by atoms with Crippen LogP contribution in [-0.2, 0) is 4.79 Å². The zero-order valence-electron chi connectivity index (χ0n) is 12.9. The molecule has 1 aliphatic heterocycles. The van der Waals surface area contributed by atoms with Crippen LogP contribution in [0, 0.1) is 12.7 Å². The number of fused-ring (bicyclic) bond motifs is 1. The van der Waals surface area contributed by atoms with Gasteiger partial charge in [-0.05, 0) is 36.8 Å². The van der Waals surface area contributed by atoms with E-state index in [0.717, 1.165) is 29.0 Å². The van der Waals surface area contributed by atoms with E-state index >= 15 is 0 Å². The number of nitrogens with one attached hydrogen (secondary N) is 2. The van der Waals surface area contributed by atoms with Gasteiger partial charge in [-0.2, -0.15) is 0 Å². The smallest absolute Gasteiger partial charge is 0.239 e. The van der Waals surface area contributed by atoms with E-state index in [9.17, 15) is 9.18 Å². The fourth-order valence-corrected chi connectivity index (χ4v) is 2.74. The summed E-state index contributed by atoms with van der Waals surface area (Å²) in [5.74, 6) is 0.443. The molecule has 5 heteroatoms. The standard InChI is InChI=1S/C18H19FN2O2/c1-12-10-13(19)6-7-15(12)20-11-18(22)21-16-8-9-23-17-5-3-2-4-14(16)17/h2-7,10,16,20H,8-9,11H2,1H3,(H,21,22). The van der Waals surface area contributed by atoms with Crippen molar-refractivity contribution >= 4 is 11.6 Å². The summed E-state index contributed by atoms with van der Waals surface area (Å²) in [5, 5.41) is 6.06. The Hall–Kier alpha value is -2.56. The first kappa shape index (κ1) is 15.3. The largest absolute Gasteiger partial charge is 0.493 e. The topological polar surface area (TPSA) is 50.4 Å². The average Bonchev–Trinajstić information content (AvgIpc) is 2.54. The van der Waals surface area contributed by atoms with E-state index in [0.29, 0.717) is 6.61 Å². The van der Waals surface area contributed by atoms with Crippen molar-refractivity contribution < 1.29 is 13.9 Å². The fourth-order valence-electron chi connectivity index (χ4n) is 2.74. The lowest BCUT2D eigenvalue weighted by Crippen LogP contribution is -2.35. The molecule has 2 N–H and O–H groups in total. The van der Waals surface area contributed by atoms with Crippen molar-refractivity contribution in [1.82, 2.24) is 5.32 Å². The van der Waals surface area contributed by atoms with Crippen LogP contribution in [0.3, 0.4) is 0 Å². The van der Waals surface area contributed by atoms with E-state index in [1.54, 1.807) is 13.0 Å². The SMILES string of the molecule is Cc1cc(F)ccc1NCC(=O)NC1CCOc2ccccc21. The van der Waals surface area contributed by atoms with Crippen LogP contribution in [0.15, 0.2) is 42.5 Å². The Kier molecular flexibility index (Phi) is 4.46. The van der Waals surface area contributed by atoms with Gasteiger partial charge in [0.2, 0.25) is 5.91 Å². The molecule has 3 rings (SSSR count). The second-order valence-corrected chi connectivity index (χ2v) is 5.61. The summed E-state index contributed by atoms with van der Waals surface area (Å²) < 4.78 is 18.7. The highest BCUT2D eigenvalue weighted by atomic mass is 19.1. The molecule has 0 saturated carbocycles. The van der Waals surface area contributed by atoms with Crippen molar-refractivity contribution in [3.05, 3.63) is 59.4 Å². The lowest BCUT2D eigenvalue weighted by atomic mass is 10.0. The number of hydrogen-bond acceptors (Lipinski definition) is 3. The Bertz CT molecular complexity index is 718. The second kappa shape index (κ2) is 6.69. The number of anilines is 1. The monoisotopic (exact) mass is 314 g/mol. The van der Waals surface area contributed by atoms with Crippen LogP contribution < -0.4 is 15.4 Å². The van der Waals surface area contributed by atoms with Crippen LogP contribution in [0.4, 0.5) is 10.1 Å². The maximum Gasteiger partial charge on any atom is 0.239 e. The Balaban J connectivity index is 1.60. The Morgan fingerprint density at radius 3 is 2.96 bits per heavy atom. The van der Waals surface area contributed by atoms with E-state index in [4.69, 9.17) is 4.74 Å². The molecule has 2 aromatic rings. The molecule has 1 atom stereocenters. The van der Waals surface area contributed by atoms with E-state index in [1.807, 2.05) is 24.3 Å². The van der Waals surface area contributed by atoms with Gasteiger partial charge in [-0.3, -0.25) is 4.79 Å². The van der Waals surface area contributed by atoms with E-state index in [1.165, 1.54) is 12.1 Å². The van der Waals surface area contributed by atoms with Gasteiger partial charge in [0.25, 0.3) is 0 Å². The maximum atomic E-state index is 13.1. The summed E-state index contributed by atoms with van der Waals surface area (Å²) in [6, 6.07) is 12.2. The summed E-state index contributed by atoms with van der Waals surface area (Å²) in [7, 11) is 0. The number of para-hydroxylation sites is 1. The van der Waals surface area contributed by atoms with Crippen LogP contribution in [0.5, 0.6) is 5.75 Å². The first-order valence-electron chi connectivity index (χ1n) is 7.64. The molecule has 0 spiro atoms. The molecule has 120 valence electrons. The minimum Gasteiger partial charge on any atom is -0.493 e. The van der Waals surface area contributed by atoms with Crippen molar-refractivity contribution in [2.75, 3.05) is 18.5 Å². The molecule has 2 aromatic carbocycles. The third-order valence-electron chi connectivity index (χ3n) is 3.92. The summed E-state index contributed by atoms with van der Waals surface area (Å²) in [5.41, 5.74) is 2.54. The number of carbonyl (C=O) groups is 1. The van der Waals surface area contributed by atoms with Gasteiger partial charge in [-0.15, -0.1) is 0 Å². The van der Waals surface area contributed by atoms with Gasteiger partial charge in [-0.25, -0.2) is 4.39 Å². The average molecular weight is 314 g/mol. The van der Waals surface area contributed by atoms with Gasteiger partial charge < -0.3 is 15.4 Å². The number of carbonyl (C=O) groups excluding carboxylic acids is 1. The highest BCUT2D eigenvalue weighted by Crippen LogP contribution is 2.31. The molecule has 4 nitrogen and oxygen atoms in total. The lowest BCUT2D eigenvalue weighted by Gasteiger charge is -2.26. The second-order valence-electron chi connectivity index (χ2n) is 5.61. The molecule has 1 heterocycles. The molecule has 1 unspecified atom stereocenters. The molecule has 0 aliphatic carbocycles. The number of ether oxygens (including phenoxy) is 1. The molecule has 0 saturated heterocycles. The Labute approximate surface area is 134 Å². The van der Waals surface area contributed by atoms with Gasteiger partial charge in [0, 0.05) is 17.7 Å². The predicted octanol–water partition coefficient (Wildman–Crippen LogP) is 3.19. The minimum atomic E-state index is -0.281. The van der Waals surface area contributed by atoms with Crippen LogP contribution in [0.25, 0.3) is 0 Å². The fraction of sp³-hybridized carbons (Fsp3) is 0.278. The van der Waals surface area contributed by atoms with Gasteiger partial charge in [0.1, 0.15) is 11.6 Å². The van der Waals surface area contributed by atoms with E-state index in [-0.39, 0.29) is 24.3 Å². The minimum absolute atomic E-state index is 0.0384. The number of rotatable bonds is 4. The van der Waals surface area contributed by atoms with Crippen molar-refractivity contribution in [1.29, 1.82) is 0 Å². The molecule has 1 amide bonds. The lowest BCUT2D eigenvalue weighted by molar-refractivity contribution is -0.120. The van der Waals surface area contributed by atoms with Crippen molar-refractivity contribution in [2.24, 2.45) is 0 Å². The van der Waals surface area contributed by atoms with Crippen molar-refractivity contribution in [3.8, 4) is 5.75 Å². The molecule has 0 bridgehead atoms. The van der Waals surface area contributed by atoms with Gasteiger partial charge in [-0.1, -0.05) is 18.2 Å². The molecule has 0 radical (unpaired) electrons. The van der Waals surface area contributed by atoms with Crippen LogP contribution in [0.2, 0.25) is 0 Å². The molecular weight excluding hydrogens is 295 g/mol. The number of aryl methyl sites for hydroxylation is 1. The molecule has 0 fully saturated rings. The summed E-state index contributed by atoms with van der Waals surface area (Å²) in [6.45, 7) is 2.54. The van der Waals surface area contributed by atoms with Gasteiger partial charge in [0.05, 0.1) is 19.2 Å². The molecule has 23 heavy (non-hydrogen) atoms. The molecular formula is C18H19FN2O2. The van der Waals surface area contributed by atoms with Crippen molar-refractivity contribution in [3.63, 3.8) is 0 Å². The zero-order valence-corrected chi connectivity index (χ0v) is 12.9. The number of benzene rings is 2. The zero-order chi connectivity index (χ0) is 16.2. The number of halogens is 1. The molecule has 0 aromatic heterocycles. The first-order chi connectivity index (χ1) is 11.1. The van der Waals surface area contributed by atoms with E-state index in [2.05, 4.69) is 10.6 Å². The summed E-state index contributed by atoms with van der Waals surface area (Å²) >= 11 is 0. The maximum absolute atomic E-state index is 13.1. The quantitative estimate of drug-likeness (QED) is 0.911. The van der Waals surface area contributed by atoms with Crippen LogP contribution in [0.1, 0.15) is 23.6 Å². The van der Waals surface area contributed by atoms with Crippen molar-refractivity contribution in [2.45, 2.75) is 19.4 Å². The predicted molar refractivity (Wildman–Crippen MR) is 87.1 cm³/mol. The van der Waals surface area contributed by atoms with Gasteiger partial charge >= 0.3 is 0 Å². The first-order valence-corrected chi connectivity index (χ1v) is 7.64. The third kappa shape index (κ3) is 3.62. The third-order valence-corrected chi connectivity index (χ3v) is 3.92. The Morgan fingerprint density at radius 2 is 2.13 bits per heavy atom.